The van der Waals surface area contributed by atoms with Crippen LogP contribution in [0.4, 0.5) is 0 Å². The second-order valence-corrected chi connectivity index (χ2v) is 7.88. The molecule has 11 nitrogen and oxygen atoms in total. The van der Waals surface area contributed by atoms with Crippen molar-refractivity contribution in [3.05, 3.63) is 38.0 Å². The van der Waals surface area contributed by atoms with Gasteiger partial charge in [-0.25, -0.2) is 0 Å². The van der Waals surface area contributed by atoms with Crippen LogP contribution < -0.4 is 0 Å². The van der Waals surface area contributed by atoms with Crippen molar-refractivity contribution in [2.45, 2.75) is 30.5 Å². The van der Waals surface area contributed by atoms with Crippen molar-refractivity contribution in [1.82, 2.24) is 0 Å². The zero-order valence-corrected chi connectivity index (χ0v) is 21.5. The molecule has 0 aliphatic carbocycles. The van der Waals surface area contributed by atoms with Gasteiger partial charge in [-0.1, -0.05) is 18.2 Å². The van der Waals surface area contributed by atoms with Crippen LogP contribution in [-0.4, -0.2) is 139 Å². The van der Waals surface area contributed by atoms with Gasteiger partial charge in [-0.05, 0) is 0 Å². The summed E-state index contributed by atoms with van der Waals surface area (Å²) in [6.07, 6.45) is 1.39. The van der Waals surface area contributed by atoms with Gasteiger partial charge in [-0.15, -0.1) is 19.7 Å². The minimum absolute atomic E-state index is 0.00186. The van der Waals surface area contributed by atoms with Crippen LogP contribution in [0, 0.1) is 0 Å². The quantitative estimate of drug-likeness (QED) is 0.0956. The van der Waals surface area contributed by atoms with Crippen LogP contribution in [0.25, 0.3) is 0 Å². The highest BCUT2D eigenvalue weighted by atomic mass is 16.6. The average molecular weight is 523 g/mol. The summed E-state index contributed by atoms with van der Waals surface area (Å²) in [5.41, 5.74) is 0. The van der Waals surface area contributed by atoms with Crippen molar-refractivity contribution < 1.29 is 53.2 Å². The second-order valence-electron chi connectivity index (χ2n) is 7.88. The molecular formula is C25H46O11. The Morgan fingerprint density at radius 1 is 0.500 bits per heavy atom. The number of aliphatic hydroxyl groups is 3. The predicted octanol–water partition coefficient (Wildman–Crippen LogP) is 0.127. The van der Waals surface area contributed by atoms with Gasteiger partial charge in [0.05, 0.1) is 85.9 Å². The van der Waals surface area contributed by atoms with Crippen LogP contribution in [-0.2, 0) is 37.9 Å². The molecule has 0 aromatic heterocycles. The highest BCUT2D eigenvalue weighted by Crippen LogP contribution is 2.04. The second kappa shape index (κ2) is 25.4. The molecule has 0 heterocycles. The number of ether oxygens (including phenoxy) is 8. The van der Waals surface area contributed by atoms with Crippen LogP contribution in [0.5, 0.6) is 0 Å². The van der Waals surface area contributed by atoms with Gasteiger partial charge in [0.1, 0.15) is 30.5 Å². The molecule has 5 atom stereocenters. The van der Waals surface area contributed by atoms with Crippen LogP contribution in [0.15, 0.2) is 38.0 Å². The minimum atomic E-state index is -0.840. The summed E-state index contributed by atoms with van der Waals surface area (Å²) in [6, 6.07) is 0. The SMILES string of the molecule is C=CCOCC(O)COCC(COC)OCC(COCC(O)COCC=C)OCC(O)COCC=C. The standard InChI is InChI=1S/C25H46O11/c1-5-8-30-11-21(26)14-33-18-24(17-29-4)36-20-25(35-16-23(28)13-32-10-7-3)19-34-15-22(27)12-31-9-6-2/h5-7,21-28H,1-3,8-20H2,4H3. The normalized spacial score (nSPS) is 15.7. The number of hydrogen-bond acceptors (Lipinski definition) is 11. The Bertz CT molecular complexity index is 520. The highest BCUT2D eigenvalue weighted by Gasteiger charge is 2.18. The molecule has 0 spiro atoms. The molecule has 3 N–H and O–H groups in total. The molecular weight excluding hydrogens is 476 g/mol. The lowest BCUT2D eigenvalue weighted by atomic mass is 10.3. The lowest BCUT2D eigenvalue weighted by molar-refractivity contribution is -0.129. The molecule has 0 aromatic carbocycles. The molecule has 0 saturated carbocycles. The van der Waals surface area contributed by atoms with Gasteiger partial charge in [0.25, 0.3) is 0 Å². The van der Waals surface area contributed by atoms with E-state index in [-0.39, 0.29) is 66.1 Å². The van der Waals surface area contributed by atoms with Crippen molar-refractivity contribution in [3.8, 4) is 0 Å². The van der Waals surface area contributed by atoms with Gasteiger partial charge in [-0.3, -0.25) is 0 Å². The summed E-state index contributed by atoms with van der Waals surface area (Å²) >= 11 is 0. The van der Waals surface area contributed by atoms with E-state index in [0.717, 1.165) is 0 Å². The smallest absolute Gasteiger partial charge is 0.104 e. The molecule has 0 bridgehead atoms. The Morgan fingerprint density at radius 2 is 0.861 bits per heavy atom. The fraction of sp³-hybridized carbons (Fsp3) is 0.760. The maximum atomic E-state index is 10.1. The predicted molar refractivity (Wildman–Crippen MR) is 134 cm³/mol. The van der Waals surface area contributed by atoms with E-state index in [4.69, 9.17) is 37.9 Å². The molecule has 0 amide bonds. The van der Waals surface area contributed by atoms with E-state index in [0.29, 0.717) is 19.8 Å². The van der Waals surface area contributed by atoms with Crippen LogP contribution >= 0.6 is 0 Å². The third-order valence-corrected chi connectivity index (χ3v) is 4.26. The Morgan fingerprint density at radius 3 is 1.28 bits per heavy atom. The minimum Gasteiger partial charge on any atom is -0.388 e. The molecule has 0 aliphatic rings. The Kier molecular flexibility index (Phi) is 24.6. The molecule has 0 saturated heterocycles. The topological polar surface area (TPSA) is 135 Å². The van der Waals surface area contributed by atoms with Crippen LogP contribution in [0.1, 0.15) is 0 Å². The third kappa shape index (κ3) is 22.0. The molecule has 0 radical (unpaired) electrons. The third-order valence-electron chi connectivity index (χ3n) is 4.26. The fourth-order valence-corrected chi connectivity index (χ4v) is 2.64. The van der Waals surface area contributed by atoms with Crippen LogP contribution in [0.3, 0.4) is 0 Å². The summed E-state index contributed by atoms with van der Waals surface area (Å²) in [5, 5.41) is 29.9. The first kappa shape index (κ1) is 34.8. The zero-order valence-electron chi connectivity index (χ0n) is 21.5. The Hall–Kier alpha value is -1.22. The molecule has 5 unspecified atom stereocenters. The summed E-state index contributed by atoms with van der Waals surface area (Å²) < 4.78 is 43.6. The van der Waals surface area contributed by atoms with E-state index in [1.165, 1.54) is 0 Å². The summed E-state index contributed by atoms with van der Waals surface area (Å²) in [7, 11) is 1.54. The Labute approximate surface area is 215 Å². The molecule has 0 fully saturated rings. The van der Waals surface area contributed by atoms with Crippen molar-refractivity contribution >= 4 is 0 Å². The monoisotopic (exact) mass is 522 g/mol. The molecule has 11 heteroatoms. The van der Waals surface area contributed by atoms with Crippen molar-refractivity contribution in [1.29, 1.82) is 0 Å². The van der Waals surface area contributed by atoms with Crippen molar-refractivity contribution in [2.75, 3.05) is 93.0 Å². The maximum Gasteiger partial charge on any atom is 0.104 e. The lowest BCUT2D eigenvalue weighted by Crippen LogP contribution is -2.36. The average Bonchev–Trinajstić information content (AvgIpc) is 2.85. The lowest BCUT2D eigenvalue weighted by Gasteiger charge is -2.24. The number of aliphatic hydroxyl groups excluding tert-OH is 3. The zero-order chi connectivity index (χ0) is 26.9. The van der Waals surface area contributed by atoms with Gasteiger partial charge >= 0.3 is 0 Å². The van der Waals surface area contributed by atoms with Gasteiger partial charge < -0.3 is 53.2 Å². The summed E-state index contributed by atoms with van der Waals surface area (Å²) in [6.45, 7) is 12.8. The first-order valence-electron chi connectivity index (χ1n) is 11.9. The van der Waals surface area contributed by atoms with E-state index < -0.39 is 30.5 Å². The number of methoxy groups -OCH3 is 1. The maximum absolute atomic E-state index is 10.1. The van der Waals surface area contributed by atoms with E-state index in [9.17, 15) is 15.3 Å². The van der Waals surface area contributed by atoms with Gasteiger partial charge in [0, 0.05) is 7.11 Å². The number of rotatable bonds is 28. The number of hydrogen-bond donors (Lipinski definition) is 3. The molecule has 212 valence electrons. The Balaban J connectivity index is 4.61. The first-order chi connectivity index (χ1) is 17.5. The molecule has 36 heavy (non-hydrogen) atoms. The van der Waals surface area contributed by atoms with E-state index in [2.05, 4.69) is 19.7 Å². The summed E-state index contributed by atoms with van der Waals surface area (Å²) in [5.74, 6) is 0. The van der Waals surface area contributed by atoms with Gasteiger partial charge in [-0.2, -0.15) is 0 Å². The van der Waals surface area contributed by atoms with Gasteiger partial charge in [0.15, 0.2) is 0 Å². The van der Waals surface area contributed by atoms with Crippen LogP contribution in [0.2, 0.25) is 0 Å². The molecule has 0 aromatic rings. The van der Waals surface area contributed by atoms with E-state index in [1.54, 1.807) is 25.3 Å². The van der Waals surface area contributed by atoms with E-state index in [1.807, 2.05) is 0 Å². The van der Waals surface area contributed by atoms with Crippen molar-refractivity contribution in [2.24, 2.45) is 0 Å². The molecule has 0 aliphatic heterocycles. The fourth-order valence-electron chi connectivity index (χ4n) is 2.64. The van der Waals surface area contributed by atoms with Gasteiger partial charge in [0.2, 0.25) is 0 Å². The summed E-state index contributed by atoms with van der Waals surface area (Å²) in [4.78, 5) is 0. The first-order valence-corrected chi connectivity index (χ1v) is 11.9. The highest BCUT2D eigenvalue weighted by molar-refractivity contribution is 4.68. The van der Waals surface area contributed by atoms with Crippen molar-refractivity contribution in [3.63, 3.8) is 0 Å². The largest absolute Gasteiger partial charge is 0.388 e. The molecule has 0 rings (SSSR count). The van der Waals surface area contributed by atoms with E-state index >= 15 is 0 Å².